The minimum atomic E-state index is -0.323. The van der Waals surface area contributed by atoms with Gasteiger partial charge in [-0.1, -0.05) is 28.1 Å². The van der Waals surface area contributed by atoms with Crippen molar-refractivity contribution in [1.29, 1.82) is 0 Å². The van der Waals surface area contributed by atoms with Gasteiger partial charge in [0, 0.05) is 15.8 Å². The summed E-state index contributed by atoms with van der Waals surface area (Å²) in [5.41, 5.74) is 13.3. The first-order valence-electron chi connectivity index (χ1n) is 7.01. The molecule has 0 fully saturated rings. The number of nitrogens with zero attached hydrogens (tertiary/aromatic N) is 2. The molecule has 124 valence electrons. The Morgan fingerprint density at radius 1 is 0.917 bits per heavy atom. The number of benzene rings is 2. The van der Waals surface area contributed by atoms with Gasteiger partial charge in [0.15, 0.2) is 0 Å². The highest BCUT2D eigenvalue weighted by atomic mass is 79.9. The molecule has 0 bridgehead atoms. The van der Waals surface area contributed by atoms with Crippen molar-refractivity contribution >= 4 is 45.0 Å². The molecule has 2 rings (SSSR count). The van der Waals surface area contributed by atoms with E-state index in [-0.39, 0.29) is 12.0 Å². The number of halogens is 1. The summed E-state index contributed by atoms with van der Waals surface area (Å²) < 4.78 is 0.946. The second-order valence-corrected chi connectivity index (χ2v) is 5.79. The highest BCUT2D eigenvalue weighted by Gasteiger charge is 2.04. The zero-order chi connectivity index (χ0) is 17.5. The summed E-state index contributed by atoms with van der Waals surface area (Å²) in [6, 6.07) is 14.2. The molecule has 8 heteroatoms. The Labute approximate surface area is 148 Å². The van der Waals surface area contributed by atoms with E-state index >= 15 is 0 Å². The lowest BCUT2D eigenvalue weighted by Crippen LogP contribution is -2.22. The lowest BCUT2D eigenvalue weighted by Gasteiger charge is -2.08. The molecule has 0 aliphatic carbocycles. The van der Waals surface area contributed by atoms with E-state index in [1.807, 2.05) is 24.3 Å². The van der Waals surface area contributed by atoms with Gasteiger partial charge in [-0.3, -0.25) is 0 Å². The average Bonchev–Trinajstić information content (AvgIpc) is 2.55. The monoisotopic (exact) mass is 388 g/mol. The summed E-state index contributed by atoms with van der Waals surface area (Å²) in [6.07, 6.45) is 0. The zero-order valence-corrected chi connectivity index (χ0v) is 14.5. The highest BCUT2D eigenvalue weighted by molar-refractivity contribution is 9.10. The first kappa shape index (κ1) is 17.5. The Kier molecular flexibility index (Phi) is 5.91. The average molecular weight is 389 g/mol. The maximum atomic E-state index is 12.0. The van der Waals surface area contributed by atoms with Crippen LogP contribution in [0.2, 0.25) is 0 Å². The largest absolute Gasteiger partial charge is 0.369 e. The van der Waals surface area contributed by atoms with Crippen LogP contribution in [-0.2, 0) is 0 Å². The predicted octanol–water partition coefficient (Wildman–Crippen LogP) is 3.09. The number of urea groups is 1. The number of hydrogen-bond donors (Lipinski definition) is 4. The fraction of sp³-hybridized carbons (Fsp3) is 0.0625. The maximum absolute atomic E-state index is 12.0. The van der Waals surface area contributed by atoms with Crippen LogP contribution in [0.3, 0.4) is 0 Å². The lowest BCUT2D eigenvalue weighted by atomic mass is 10.1. The third kappa shape index (κ3) is 5.40. The predicted molar refractivity (Wildman–Crippen MR) is 101 cm³/mol. The number of amides is 2. The van der Waals surface area contributed by atoms with E-state index in [1.54, 1.807) is 31.2 Å². The number of guanidine groups is 1. The lowest BCUT2D eigenvalue weighted by molar-refractivity contribution is 0.262. The Morgan fingerprint density at radius 3 is 1.92 bits per heavy atom. The van der Waals surface area contributed by atoms with Crippen molar-refractivity contribution in [2.75, 3.05) is 10.6 Å². The molecule has 0 saturated carbocycles. The van der Waals surface area contributed by atoms with Gasteiger partial charge < -0.3 is 22.1 Å². The van der Waals surface area contributed by atoms with E-state index in [2.05, 4.69) is 36.8 Å². The van der Waals surface area contributed by atoms with Crippen LogP contribution in [0, 0.1) is 0 Å². The van der Waals surface area contributed by atoms with Gasteiger partial charge in [-0.15, -0.1) is 5.10 Å². The Hall–Kier alpha value is -2.87. The van der Waals surface area contributed by atoms with E-state index in [9.17, 15) is 4.79 Å². The molecule has 0 atom stereocenters. The summed E-state index contributed by atoms with van der Waals surface area (Å²) in [5.74, 6) is -0.0998. The Morgan fingerprint density at radius 2 is 1.42 bits per heavy atom. The van der Waals surface area contributed by atoms with Crippen molar-refractivity contribution in [3.05, 3.63) is 58.6 Å². The topological polar surface area (TPSA) is 118 Å². The Balaban J connectivity index is 1.98. The number of hydrogen-bond acceptors (Lipinski definition) is 3. The third-order valence-electron chi connectivity index (χ3n) is 2.98. The second kappa shape index (κ2) is 8.11. The van der Waals surface area contributed by atoms with E-state index in [4.69, 9.17) is 11.5 Å². The summed E-state index contributed by atoms with van der Waals surface area (Å²) in [4.78, 5) is 12.0. The number of rotatable bonds is 4. The number of carbonyl (C=O) groups is 1. The molecule has 0 unspecified atom stereocenters. The summed E-state index contributed by atoms with van der Waals surface area (Å²) in [7, 11) is 0. The molecule has 0 aromatic heterocycles. The van der Waals surface area contributed by atoms with Crippen LogP contribution in [0.15, 0.2) is 63.2 Å². The fourth-order valence-electron chi connectivity index (χ4n) is 1.81. The first-order chi connectivity index (χ1) is 11.4. The SMILES string of the molecule is CC(=NN=C(N)N)c1ccc(NC(=O)Nc2ccc(Br)cc2)cc1. The van der Waals surface area contributed by atoms with Gasteiger partial charge in [0.2, 0.25) is 5.96 Å². The van der Waals surface area contributed by atoms with Crippen molar-refractivity contribution in [3.8, 4) is 0 Å². The van der Waals surface area contributed by atoms with Crippen LogP contribution in [0.1, 0.15) is 12.5 Å². The normalized spacial score (nSPS) is 10.8. The van der Waals surface area contributed by atoms with Gasteiger partial charge in [-0.05, 0) is 48.9 Å². The summed E-state index contributed by atoms with van der Waals surface area (Å²) >= 11 is 3.34. The van der Waals surface area contributed by atoms with Gasteiger partial charge in [0.25, 0.3) is 0 Å². The first-order valence-corrected chi connectivity index (χ1v) is 7.80. The van der Waals surface area contributed by atoms with Crippen LogP contribution in [-0.4, -0.2) is 17.7 Å². The van der Waals surface area contributed by atoms with Gasteiger partial charge in [-0.25, -0.2) is 4.79 Å². The molecular weight excluding hydrogens is 372 g/mol. The van der Waals surface area contributed by atoms with Crippen molar-refractivity contribution in [2.24, 2.45) is 21.7 Å². The van der Waals surface area contributed by atoms with Crippen molar-refractivity contribution < 1.29 is 4.79 Å². The summed E-state index contributed by atoms with van der Waals surface area (Å²) in [6.45, 7) is 1.79. The van der Waals surface area contributed by atoms with Crippen LogP contribution < -0.4 is 22.1 Å². The molecule has 2 aromatic carbocycles. The minimum absolute atomic E-state index is 0.0998. The van der Waals surface area contributed by atoms with Gasteiger partial charge in [-0.2, -0.15) is 5.10 Å². The Bertz CT molecular complexity index is 764. The van der Waals surface area contributed by atoms with Crippen molar-refractivity contribution in [3.63, 3.8) is 0 Å². The second-order valence-electron chi connectivity index (χ2n) is 4.87. The number of carbonyl (C=O) groups excluding carboxylic acids is 1. The van der Waals surface area contributed by atoms with Crippen LogP contribution >= 0.6 is 15.9 Å². The minimum Gasteiger partial charge on any atom is -0.369 e. The number of nitrogens with one attached hydrogen (secondary N) is 2. The van der Waals surface area contributed by atoms with Gasteiger partial charge in [0.1, 0.15) is 0 Å². The number of anilines is 2. The molecule has 0 spiro atoms. The molecule has 6 N–H and O–H groups in total. The molecule has 2 amide bonds. The fourth-order valence-corrected chi connectivity index (χ4v) is 2.08. The molecule has 2 aromatic rings. The smallest absolute Gasteiger partial charge is 0.323 e. The quantitative estimate of drug-likeness (QED) is 0.366. The molecule has 0 saturated heterocycles. The van der Waals surface area contributed by atoms with Gasteiger partial charge >= 0.3 is 6.03 Å². The van der Waals surface area contributed by atoms with Crippen molar-refractivity contribution in [2.45, 2.75) is 6.92 Å². The van der Waals surface area contributed by atoms with E-state index in [0.717, 1.165) is 10.0 Å². The van der Waals surface area contributed by atoms with E-state index < -0.39 is 0 Å². The molecule has 0 aliphatic heterocycles. The molecule has 24 heavy (non-hydrogen) atoms. The van der Waals surface area contributed by atoms with E-state index in [0.29, 0.717) is 17.1 Å². The summed E-state index contributed by atoms with van der Waals surface area (Å²) in [5, 5.41) is 13.0. The van der Waals surface area contributed by atoms with Gasteiger partial charge in [0.05, 0.1) is 5.71 Å². The van der Waals surface area contributed by atoms with Crippen LogP contribution in [0.25, 0.3) is 0 Å². The van der Waals surface area contributed by atoms with Crippen molar-refractivity contribution in [1.82, 2.24) is 0 Å². The standard InChI is InChI=1S/C16H17BrN6O/c1-10(22-23-15(18)19)11-2-6-13(7-3-11)20-16(24)21-14-8-4-12(17)5-9-14/h2-9H,1H3,(H4,18,19,23)(H2,20,21,24). The zero-order valence-electron chi connectivity index (χ0n) is 13.0. The molecule has 0 aliphatic rings. The maximum Gasteiger partial charge on any atom is 0.323 e. The molecular formula is C16H17BrN6O. The molecule has 0 heterocycles. The molecule has 7 nitrogen and oxygen atoms in total. The van der Waals surface area contributed by atoms with E-state index in [1.165, 1.54) is 0 Å². The third-order valence-corrected chi connectivity index (χ3v) is 3.51. The van der Waals surface area contributed by atoms with Crippen LogP contribution in [0.4, 0.5) is 16.2 Å². The number of nitrogens with two attached hydrogens (primary N) is 2. The highest BCUT2D eigenvalue weighted by Crippen LogP contribution is 2.15. The van der Waals surface area contributed by atoms with Crippen LogP contribution in [0.5, 0.6) is 0 Å². The molecule has 0 radical (unpaired) electrons.